The smallest absolute Gasteiger partial charge is 0.183 e. The van der Waals surface area contributed by atoms with Crippen molar-refractivity contribution in [2.75, 3.05) is 0 Å². The van der Waals surface area contributed by atoms with Gasteiger partial charge in [0, 0.05) is 17.2 Å². The minimum Gasteiger partial charge on any atom is -0.487 e. The highest BCUT2D eigenvalue weighted by Gasteiger charge is 2.55. The van der Waals surface area contributed by atoms with E-state index in [0.29, 0.717) is 0 Å². The van der Waals surface area contributed by atoms with Crippen LogP contribution in [0, 0.1) is 11.2 Å². The zero-order chi connectivity index (χ0) is 14.2. The zero-order valence-corrected chi connectivity index (χ0v) is 12.9. The van der Waals surface area contributed by atoms with Crippen molar-refractivity contribution in [1.82, 2.24) is 0 Å². The number of ether oxygens (including phenoxy) is 1. The average molecular weight is 317 g/mol. The molecule has 0 radical (unpaired) electrons. The van der Waals surface area contributed by atoms with Gasteiger partial charge in [-0.05, 0) is 25.0 Å². The number of halogens is 3. The van der Waals surface area contributed by atoms with E-state index in [9.17, 15) is 4.39 Å². The fourth-order valence-corrected chi connectivity index (χ4v) is 4.30. The van der Waals surface area contributed by atoms with Crippen molar-refractivity contribution >= 4 is 23.2 Å². The van der Waals surface area contributed by atoms with Crippen LogP contribution in [-0.2, 0) is 0 Å². The molecule has 1 aromatic rings. The van der Waals surface area contributed by atoms with Crippen molar-refractivity contribution in [3.63, 3.8) is 0 Å². The van der Waals surface area contributed by atoms with Gasteiger partial charge in [-0.3, -0.25) is 0 Å². The summed E-state index contributed by atoms with van der Waals surface area (Å²) in [6, 6.07) is 4.90. The summed E-state index contributed by atoms with van der Waals surface area (Å²) in [5, 5.41) is 0.270. The van der Waals surface area contributed by atoms with E-state index >= 15 is 0 Å². The Bertz CT molecular complexity index is 483. The Hall–Kier alpha value is -0.470. The first-order valence-electron chi connectivity index (χ1n) is 7.38. The number of alkyl halides is 1. The monoisotopic (exact) mass is 316 g/mol. The summed E-state index contributed by atoms with van der Waals surface area (Å²) in [4.78, 5) is 0. The molecular formula is C16H19Cl2FO. The largest absolute Gasteiger partial charge is 0.487 e. The van der Waals surface area contributed by atoms with Crippen LogP contribution in [0.2, 0.25) is 5.02 Å². The van der Waals surface area contributed by atoms with Gasteiger partial charge in [-0.15, -0.1) is 11.6 Å². The second kappa shape index (κ2) is 5.73. The standard InChI is InChI=1S/C16H19Cl2FO/c17-11-6-5-7-12(15(11)19)20-14-10-13(18)16(14)8-3-1-2-4-9-16/h5-7,13-14H,1-4,8-10H2. The van der Waals surface area contributed by atoms with E-state index in [4.69, 9.17) is 27.9 Å². The summed E-state index contributed by atoms with van der Waals surface area (Å²) in [6.07, 6.45) is 7.93. The molecule has 2 fully saturated rings. The van der Waals surface area contributed by atoms with Gasteiger partial charge in [-0.25, -0.2) is 4.39 Å². The minimum absolute atomic E-state index is 0.0241. The van der Waals surface area contributed by atoms with E-state index in [2.05, 4.69) is 0 Å². The Kier molecular flexibility index (Phi) is 4.14. The molecule has 0 heterocycles. The molecule has 1 spiro atoms. The maximum atomic E-state index is 14.0. The molecule has 20 heavy (non-hydrogen) atoms. The van der Waals surface area contributed by atoms with Crippen LogP contribution in [0.3, 0.4) is 0 Å². The van der Waals surface area contributed by atoms with E-state index in [0.717, 1.165) is 19.3 Å². The molecule has 2 aliphatic rings. The molecule has 0 aromatic heterocycles. The highest BCUT2D eigenvalue weighted by molar-refractivity contribution is 6.30. The van der Waals surface area contributed by atoms with Gasteiger partial charge in [-0.1, -0.05) is 43.4 Å². The van der Waals surface area contributed by atoms with Gasteiger partial charge in [0.1, 0.15) is 6.10 Å². The number of hydrogen-bond acceptors (Lipinski definition) is 1. The summed E-state index contributed by atoms with van der Waals surface area (Å²) in [6.45, 7) is 0. The molecule has 3 rings (SSSR count). The molecule has 0 amide bonds. The van der Waals surface area contributed by atoms with Gasteiger partial charge in [0.15, 0.2) is 11.6 Å². The second-order valence-corrected chi connectivity index (χ2v) is 6.94. The zero-order valence-electron chi connectivity index (χ0n) is 11.4. The summed E-state index contributed by atoms with van der Waals surface area (Å²) < 4.78 is 19.9. The van der Waals surface area contributed by atoms with Gasteiger partial charge >= 0.3 is 0 Å². The Labute approximate surface area is 129 Å². The molecule has 0 aliphatic heterocycles. The Morgan fingerprint density at radius 3 is 2.50 bits per heavy atom. The van der Waals surface area contributed by atoms with Crippen LogP contribution in [0.5, 0.6) is 5.75 Å². The SMILES string of the molecule is Fc1c(Cl)cccc1OC1CC(Cl)C12CCCCCC2. The molecule has 1 aromatic carbocycles. The molecule has 110 valence electrons. The number of benzene rings is 1. The summed E-state index contributed by atoms with van der Waals surface area (Å²) >= 11 is 12.3. The van der Waals surface area contributed by atoms with Crippen LogP contribution in [-0.4, -0.2) is 11.5 Å². The summed E-state index contributed by atoms with van der Waals surface area (Å²) in [7, 11) is 0. The third-order valence-corrected chi connectivity index (χ3v) is 5.81. The first-order chi connectivity index (χ1) is 9.63. The molecule has 0 N–H and O–H groups in total. The van der Waals surface area contributed by atoms with Crippen molar-refractivity contribution in [3.8, 4) is 5.75 Å². The van der Waals surface area contributed by atoms with E-state index in [1.54, 1.807) is 12.1 Å². The molecule has 4 heteroatoms. The quantitative estimate of drug-likeness (QED) is 0.647. The van der Waals surface area contributed by atoms with Gasteiger partial charge in [0.25, 0.3) is 0 Å². The van der Waals surface area contributed by atoms with Crippen molar-refractivity contribution in [1.29, 1.82) is 0 Å². The fourth-order valence-electron chi connectivity index (χ4n) is 3.61. The number of hydrogen-bond donors (Lipinski definition) is 0. The van der Waals surface area contributed by atoms with Crippen LogP contribution in [0.15, 0.2) is 18.2 Å². The number of rotatable bonds is 2. The van der Waals surface area contributed by atoms with E-state index in [-0.39, 0.29) is 27.7 Å². The van der Waals surface area contributed by atoms with Gasteiger partial charge < -0.3 is 4.74 Å². The predicted octanol–water partition coefficient (Wildman–Crippen LogP) is 5.58. The van der Waals surface area contributed by atoms with Crippen LogP contribution >= 0.6 is 23.2 Å². The second-order valence-electron chi connectivity index (χ2n) is 6.01. The predicted molar refractivity (Wildman–Crippen MR) is 80.2 cm³/mol. The lowest BCUT2D eigenvalue weighted by molar-refractivity contribution is -0.0529. The third kappa shape index (κ3) is 2.42. The van der Waals surface area contributed by atoms with Gasteiger partial charge in [-0.2, -0.15) is 0 Å². The van der Waals surface area contributed by atoms with Crippen LogP contribution < -0.4 is 4.74 Å². The maximum absolute atomic E-state index is 14.0. The minimum atomic E-state index is -0.462. The lowest BCUT2D eigenvalue weighted by atomic mass is 9.61. The Balaban J connectivity index is 1.78. The van der Waals surface area contributed by atoms with Crippen molar-refractivity contribution < 1.29 is 9.13 Å². The molecular weight excluding hydrogens is 298 g/mol. The van der Waals surface area contributed by atoms with Crippen LogP contribution in [0.4, 0.5) is 4.39 Å². The molecule has 1 nitrogen and oxygen atoms in total. The third-order valence-electron chi connectivity index (χ3n) is 4.91. The molecule has 2 unspecified atom stereocenters. The van der Waals surface area contributed by atoms with Crippen LogP contribution in [0.1, 0.15) is 44.9 Å². The maximum Gasteiger partial charge on any atom is 0.183 e. The van der Waals surface area contributed by atoms with Crippen molar-refractivity contribution in [2.45, 2.75) is 56.4 Å². The lowest BCUT2D eigenvalue weighted by Gasteiger charge is -2.53. The molecule has 2 atom stereocenters. The Morgan fingerprint density at radius 2 is 1.85 bits per heavy atom. The molecule has 2 aliphatic carbocycles. The van der Waals surface area contributed by atoms with E-state index in [1.807, 2.05) is 0 Å². The topological polar surface area (TPSA) is 9.23 Å². The summed E-state index contributed by atoms with van der Waals surface area (Å²) in [5.41, 5.74) is 0.0345. The first kappa shape index (κ1) is 14.5. The van der Waals surface area contributed by atoms with Gasteiger partial charge in [0.05, 0.1) is 5.02 Å². The summed E-state index contributed by atoms with van der Waals surface area (Å²) in [5.74, 6) is -0.203. The van der Waals surface area contributed by atoms with Crippen LogP contribution in [0.25, 0.3) is 0 Å². The Morgan fingerprint density at radius 1 is 1.15 bits per heavy atom. The molecule has 0 saturated heterocycles. The van der Waals surface area contributed by atoms with Crippen molar-refractivity contribution in [3.05, 3.63) is 29.0 Å². The lowest BCUT2D eigenvalue weighted by Crippen LogP contribution is -2.57. The highest BCUT2D eigenvalue weighted by Crippen LogP contribution is 2.55. The normalized spacial score (nSPS) is 28.8. The fraction of sp³-hybridized carbons (Fsp3) is 0.625. The molecule has 0 bridgehead atoms. The van der Waals surface area contributed by atoms with E-state index in [1.165, 1.54) is 31.7 Å². The average Bonchev–Trinajstić information content (AvgIpc) is 2.71. The molecule has 2 saturated carbocycles. The van der Waals surface area contributed by atoms with E-state index < -0.39 is 5.82 Å². The van der Waals surface area contributed by atoms with Crippen molar-refractivity contribution in [2.24, 2.45) is 5.41 Å². The highest BCUT2D eigenvalue weighted by atomic mass is 35.5. The van der Waals surface area contributed by atoms with Gasteiger partial charge in [0.2, 0.25) is 0 Å². The first-order valence-corrected chi connectivity index (χ1v) is 8.20.